The SMILES string of the molecule is CC(=O)N1CCC(NC2=CNC3=CC=C(N=C(N)C=C(C=N)C(C)C)NC3=C2)CC1. The molecular formula is C22H31N7O. The smallest absolute Gasteiger partial charge is 0.219 e. The van der Waals surface area contributed by atoms with Crippen LogP contribution in [0, 0.1) is 11.3 Å². The molecule has 6 N–H and O–H groups in total. The number of hydrogen-bond acceptors (Lipinski definition) is 6. The van der Waals surface area contributed by atoms with Crippen molar-refractivity contribution >= 4 is 18.0 Å². The molecule has 0 aromatic heterocycles. The molecule has 0 atom stereocenters. The number of allylic oxidation sites excluding steroid dienone is 4. The molecule has 1 amide bonds. The minimum atomic E-state index is 0.144. The van der Waals surface area contributed by atoms with Gasteiger partial charge in [0.15, 0.2) is 0 Å². The minimum absolute atomic E-state index is 0.144. The van der Waals surface area contributed by atoms with Crippen LogP contribution in [0.3, 0.4) is 0 Å². The quantitative estimate of drug-likeness (QED) is 0.339. The Kier molecular flexibility index (Phi) is 6.76. The molecule has 3 heterocycles. The van der Waals surface area contributed by atoms with Crippen LogP contribution in [0.4, 0.5) is 0 Å². The second-order valence-corrected chi connectivity index (χ2v) is 7.96. The molecule has 0 unspecified atom stereocenters. The van der Waals surface area contributed by atoms with Crippen LogP contribution in [-0.2, 0) is 4.79 Å². The zero-order chi connectivity index (χ0) is 21.7. The summed E-state index contributed by atoms with van der Waals surface area (Å²) in [7, 11) is 0. The van der Waals surface area contributed by atoms with Gasteiger partial charge in [-0.05, 0) is 48.6 Å². The van der Waals surface area contributed by atoms with Crippen LogP contribution in [0.2, 0.25) is 0 Å². The van der Waals surface area contributed by atoms with Crippen molar-refractivity contribution in [2.24, 2.45) is 16.6 Å². The topological polar surface area (TPSA) is 119 Å². The maximum absolute atomic E-state index is 11.5. The standard InChI is InChI=1S/C22H31N7O/c1-14(2)16(12-23)10-21(24)28-22-5-4-19-20(27-22)11-18(13-25-19)26-17-6-8-29(9-7-17)15(3)30/h4-5,10-14,17,23,25-27H,6-9H2,1-3H3,(H2,24,28). The van der Waals surface area contributed by atoms with Crippen LogP contribution in [0.15, 0.2) is 64.0 Å². The molecule has 8 heteroatoms. The molecule has 1 fully saturated rings. The maximum Gasteiger partial charge on any atom is 0.219 e. The molecule has 0 aromatic rings. The second kappa shape index (κ2) is 9.47. The van der Waals surface area contributed by atoms with Crippen LogP contribution in [0.25, 0.3) is 0 Å². The molecule has 3 aliphatic rings. The fraction of sp³-hybridized carbons (Fsp3) is 0.409. The number of rotatable bonds is 6. The lowest BCUT2D eigenvalue weighted by Crippen LogP contribution is -2.44. The summed E-state index contributed by atoms with van der Waals surface area (Å²) in [6, 6.07) is 0.337. The van der Waals surface area contributed by atoms with E-state index in [1.807, 2.05) is 43.2 Å². The van der Waals surface area contributed by atoms with Crippen molar-refractivity contribution < 1.29 is 4.79 Å². The van der Waals surface area contributed by atoms with E-state index in [4.69, 9.17) is 11.1 Å². The average Bonchev–Trinajstić information content (AvgIpc) is 2.72. The number of aliphatic imine (C=N–C) groups is 1. The van der Waals surface area contributed by atoms with Gasteiger partial charge < -0.3 is 32.0 Å². The van der Waals surface area contributed by atoms with E-state index in [-0.39, 0.29) is 11.8 Å². The third-order valence-electron chi connectivity index (χ3n) is 5.35. The summed E-state index contributed by atoms with van der Waals surface area (Å²) in [5, 5.41) is 17.6. The van der Waals surface area contributed by atoms with Crippen molar-refractivity contribution in [3.63, 3.8) is 0 Å². The lowest BCUT2D eigenvalue weighted by molar-refractivity contribution is -0.129. The third-order valence-corrected chi connectivity index (χ3v) is 5.35. The van der Waals surface area contributed by atoms with Crippen LogP contribution in [0.5, 0.6) is 0 Å². The van der Waals surface area contributed by atoms with Crippen molar-refractivity contribution in [2.75, 3.05) is 13.1 Å². The number of dihydropyridines is 2. The van der Waals surface area contributed by atoms with E-state index in [9.17, 15) is 4.79 Å². The molecule has 0 spiro atoms. The highest BCUT2D eigenvalue weighted by Gasteiger charge is 2.22. The minimum Gasteiger partial charge on any atom is -0.384 e. The first kappa shape index (κ1) is 21.4. The number of nitrogens with one attached hydrogen (secondary N) is 4. The summed E-state index contributed by atoms with van der Waals surface area (Å²) < 4.78 is 0. The number of amidine groups is 1. The summed E-state index contributed by atoms with van der Waals surface area (Å²) >= 11 is 0. The highest BCUT2D eigenvalue weighted by Crippen LogP contribution is 2.20. The molecule has 0 bridgehead atoms. The molecule has 3 aliphatic heterocycles. The first-order chi connectivity index (χ1) is 14.4. The van der Waals surface area contributed by atoms with Crippen LogP contribution < -0.4 is 21.7 Å². The summed E-state index contributed by atoms with van der Waals surface area (Å²) in [6.07, 6.45) is 12.7. The Morgan fingerprint density at radius 2 is 2.07 bits per heavy atom. The van der Waals surface area contributed by atoms with Gasteiger partial charge in [0.1, 0.15) is 11.7 Å². The van der Waals surface area contributed by atoms with E-state index < -0.39 is 0 Å². The predicted molar refractivity (Wildman–Crippen MR) is 120 cm³/mol. The van der Waals surface area contributed by atoms with Crippen molar-refractivity contribution in [3.8, 4) is 0 Å². The van der Waals surface area contributed by atoms with Crippen LogP contribution in [-0.4, -0.2) is 42.0 Å². The van der Waals surface area contributed by atoms with E-state index in [1.54, 1.807) is 13.0 Å². The fourth-order valence-corrected chi connectivity index (χ4v) is 3.53. The first-order valence-electron chi connectivity index (χ1n) is 10.3. The third kappa shape index (κ3) is 5.40. The van der Waals surface area contributed by atoms with Gasteiger partial charge in [0.05, 0.1) is 17.1 Å². The molecule has 0 saturated carbocycles. The molecule has 0 aromatic carbocycles. The summed E-state index contributed by atoms with van der Waals surface area (Å²) in [5.74, 6) is 1.35. The number of likely N-dealkylation sites (tertiary alicyclic amines) is 1. The van der Waals surface area contributed by atoms with Gasteiger partial charge in [-0.25, -0.2) is 4.99 Å². The second-order valence-electron chi connectivity index (χ2n) is 7.96. The van der Waals surface area contributed by atoms with Crippen LogP contribution in [0.1, 0.15) is 33.6 Å². The Morgan fingerprint density at radius 1 is 1.33 bits per heavy atom. The Labute approximate surface area is 177 Å². The Balaban J connectivity index is 1.63. The molecule has 0 aliphatic carbocycles. The van der Waals surface area contributed by atoms with E-state index in [2.05, 4.69) is 20.9 Å². The van der Waals surface area contributed by atoms with Gasteiger partial charge in [0.2, 0.25) is 5.91 Å². The summed E-state index contributed by atoms with van der Waals surface area (Å²) in [5.41, 5.74) is 9.74. The highest BCUT2D eigenvalue weighted by molar-refractivity contribution is 5.97. The molecule has 1 saturated heterocycles. The van der Waals surface area contributed by atoms with Crippen LogP contribution >= 0.6 is 0 Å². The lowest BCUT2D eigenvalue weighted by Gasteiger charge is -2.33. The summed E-state index contributed by atoms with van der Waals surface area (Å²) in [6.45, 7) is 7.23. The molecule has 0 radical (unpaired) electrons. The first-order valence-corrected chi connectivity index (χ1v) is 10.3. The van der Waals surface area contributed by atoms with Crippen molar-refractivity contribution in [1.29, 1.82) is 5.41 Å². The number of piperidine rings is 1. The van der Waals surface area contributed by atoms with Crippen molar-refractivity contribution in [3.05, 3.63) is 59.0 Å². The Morgan fingerprint density at radius 3 is 2.70 bits per heavy atom. The number of nitrogens with zero attached hydrogens (tertiary/aromatic N) is 2. The van der Waals surface area contributed by atoms with E-state index in [1.165, 1.54) is 6.21 Å². The molecule has 8 nitrogen and oxygen atoms in total. The maximum atomic E-state index is 11.5. The fourth-order valence-electron chi connectivity index (χ4n) is 3.53. The average molecular weight is 410 g/mol. The van der Waals surface area contributed by atoms with Crippen molar-refractivity contribution in [1.82, 2.24) is 20.9 Å². The van der Waals surface area contributed by atoms with Gasteiger partial charge in [-0.1, -0.05) is 13.8 Å². The predicted octanol–water partition coefficient (Wildman–Crippen LogP) is 1.83. The monoisotopic (exact) mass is 409 g/mol. The number of nitrogens with two attached hydrogens (primary N) is 1. The van der Waals surface area contributed by atoms with Gasteiger partial charge in [0, 0.05) is 38.5 Å². The largest absolute Gasteiger partial charge is 0.384 e. The van der Waals surface area contributed by atoms with Crippen molar-refractivity contribution in [2.45, 2.75) is 39.7 Å². The number of amides is 1. The van der Waals surface area contributed by atoms with E-state index in [0.717, 1.165) is 48.6 Å². The van der Waals surface area contributed by atoms with Gasteiger partial charge in [0.25, 0.3) is 0 Å². The molecular weight excluding hydrogens is 378 g/mol. The van der Waals surface area contributed by atoms with Gasteiger partial charge >= 0.3 is 0 Å². The molecule has 3 rings (SSSR count). The Hall–Kier alpha value is -3.29. The van der Waals surface area contributed by atoms with Gasteiger partial charge in [-0.3, -0.25) is 4.79 Å². The van der Waals surface area contributed by atoms with E-state index in [0.29, 0.717) is 17.7 Å². The number of fused-ring (bicyclic) bond motifs is 1. The van der Waals surface area contributed by atoms with E-state index >= 15 is 0 Å². The number of carbonyl (C=O) groups excluding carboxylic acids is 1. The normalized spacial score (nSPS) is 20.2. The zero-order valence-corrected chi connectivity index (χ0v) is 17.8. The van der Waals surface area contributed by atoms with Gasteiger partial charge in [-0.2, -0.15) is 0 Å². The lowest BCUT2D eigenvalue weighted by atomic mass is 10.0. The van der Waals surface area contributed by atoms with Gasteiger partial charge in [-0.15, -0.1) is 0 Å². The number of hydrogen-bond donors (Lipinski definition) is 5. The summed E-state index contributed by atoms with van der Waals surface area (Å²) in [4.78, 5) is 17.8. The number of carbonyl (C=O) groups is 1. The highest BCUT2D eigenvalue weighted by atomic mass is 16.2. The Bertz CT molecular complexity index is 881. The molecule has 30 heavy (non-hydrogen) atoms. The molecule has 160 valence electrons. The zero-order valence-electron chi connectivity index (χ0n) is 17.8.